The summed E-state index contributed by atoms with van der Waals surface area (Å²) in [5.74, 6) is 0.0156. The average molecular weight is 411 g/mol. The molecular formula is C16H18ClF3N2O3S. The lowest BCUT2D eigenvalue weighted by atomic mass is 10.1. The summed E-state index contributed by atoms with van der Waals surface area (Å²) in [5, 5.41) is -0.459. The van der Waals surface area contributed by atoms with Gasteiger partial charge in [-0.15, -0.1) is 0 Å². The maximum Gasteiger partial charge on any atom is 0.416 e. The van der Waals surface area contributed by atoms with E-state index in [2.05, 4.69) is 0 Å². The van der Waals surface area contributed by atoms with E-state index >= 15 is 0 Å². The van der Waals surface area contributed by atoms with E-state index in [0.29, 0.717) is 37.9 Å². The van der Waals surface area contributed by atoms with E-state index in [1.165, 1.54) is 4.31 Å². The highest BCUT2D eigenvalue weighted by Gasteiger charge is 2.37. The van der Waals surface area contributed by atoms with Gasteiger partial charge in [-0.25, -0.2) is 8.42 Å². The van der Waals surface area contributed by atoms with Crippen LogP contribution in [-0.2, 0) is 21.0 Å². The Morgan fingerprint density at radius 2 is 1.88 bits per heavy atom. The van der Waals surface area contributed by atoms with Crippen LogP contribution in [-0.4, -0.2) is 49.2 Å². The van der Waals surface area contributed by atoms with Crippen LogP contribution in [0.3, 0.4) is 0 Å². The van der Waals surface area contributed by atoms with Crippen molar-refractivity contribution >= 4 is 27.5 Å². The predicted octanol–water partition coefficient (Wildman–Crippen LogP) is 3.13. The molecule has 0 aromatic heterocycles. The number of sulfonamides is 1. The van der Waals surface area contributed by atoms with Crippen molar-refractivity contribution < 1.29 is 26.4 Å². The molecule has 2 fully saturated rings. The molecule has 3 rings (SSSR count). The molecule has 10 heteroatoms. The van der Waals surface area contributed by atoms with E-state index in [1.54, 1.807) is 4.90 Å². The van der Waals surface area contributed by atoms with Crippen molar-refractivity contribution in [3.63, 3.8) is 0 Å². The topological polar surface area (TPSA) is 57.7 Å². The quantitative estimate of drug-likeness (QED) is 0.769. The third-order valence-corrected chi connectivity index (χ3v) is 7.14. The van der Waals surface area contributed by atoms with Gasteiger partial charge in [-0.1, -0.05) is 11.6 Å². The fourth-order valence-electron chi connectivity index (χ4n) is 3.47. The molecule has 2 heterocycles. The van der Waals surface area contributed by atoms with Crippen LogP contribution in [0.5, 0.6) is 0 Å². The molecule has 0 radical (unpaired) electrons. The van der Waals surface area contributed by atoms with E-state index in [0.717, 1.165) is 12.5 Å². The van der Waals surface area contributed by atoms with E-state index in [4.69, 9.17) is 11.6 Å². The summed E-state index contributed by atoms with van der Waals surface area (Å²) in [6.07, 6.45) is -2.09. The Kier molecular flexibility index (Phi) is 5.24. The normalized spacial score (nSPS) is 22.8. The number of halogens is 4. The minimum absolute atomic E-state index is 0.0156. The minimum Gasteiger partial charge on any atom is -0.338 e. The van der Waals surface area contributed by atoms with Gasteiger partial charge in [-0.3, -0.25) is 4.79 Å². The van der Waals surface area contributed by atoms with Crippen molar-refractivity contribution in [2.24, 2.45) is 0 Å². The molecular weight excluding hydrogens is 393 g/mol. The van der Waals surface area contributed by atoms with E-state index in [9.17, 15) is 26.4 Å². The van der Waals surface area contributed by atoms with Crippen LogP contribution in [0, 0.1) is 0 Å². The van der Waals surface area contributed by atoms with Gasteiger partial charge in [-0.2, -0.15) is 17.5 Å². The molecule has 1 aromatic carbocycles. The number of carbonyl (C=O) groups excluding carboxylic acids is 1. The van der Waals surface area contributed by atoms with Crippen molar-refractivity contribution in [2.45, 2.75) is 42.8 Å². The van der Waals surface area contributed by atoms with Gasteiger partial charge in [-0.05, 0) is 37.5 Å². The van der Waals surface area contributed by atoms with Crippen molar-refractivity contribution in [3.05, 3.63) is 28.8 Å². The zero-order valence-electron chi connectivity index (χ0n) is 13.8. The number of benzene rings is 1. The van der Waals surface area contributed by atoms with Crippen LogP contribution in [0.1, 0.15) is 31.2 Å². The highest BCUT2D eigenvalue weighted by Crippen LogP contribution is 2.35. The Labute approximate surface area is 154 Å². The maximum atomic E-state index is 12.9. The zero-order chi connectivity index (χ0) is 19.1. The van der Waals surface area contributed by atoms with Gasteiger partial charge in [0.1, 0.15) is 4.90 Å². The molecule has 0 spiro atoms. The lowest BCUT2D eigenvalue weighted by Gasteiger charge is -2.37. The summed E-state index contributed by atoms with van der Waals surface area (Å²) in [4.78, 5) is 13.3. The van der Waals surface area contributed by atoms with Crippen LogP contribution < -0.4 is 0 Å². The molecule has 1 atom stereocenters. The Bertz CT molecular complexity index is 813. The highest BCUT2D eigenvalue weighted by atomic mass is 35.5. The van der Waals surface area contributed by atoms with Crippen molar-refractivity contribution in [1.82, 2.24) is 9.21 Å². The van der Waals surface area contributed by atoms with Gasteiger partial charge < -0.3 is 4.90 Å². The molecule has 0 aliphatic carbocycles. The molecule has 0 saturated carbocycles. The first-order valence-corrected chi connectivity index (χ1v) is 10.1. The van der Waals surface area contributed by atoms with Gasteiger partial charge in [0.25, 0.3) is 0 Å². The molecule has 1 amide bonds. The SMILES string of the molecule is O=C1CCCN1C1CCCN(S(=O)(=O)c2ccc(C(F)(F)F)cc2Cl)C1. The molecule has 5 nitrogen and oxygen atoms in total. The second kappa shape index (κ2) is 7.01. The Morgan fingerprint density at radius 1 is 1.15 bits per heavy atom. The van der Waals surface area contributed by atoms with Crippen molar-refractivity contribution in [2.75, 3.05) is 19.6 Å². The van der Waals surface area contributed by atoms with Crippen LogP contribution >= 0.6 is 11.6 Å². The number of rotatable bonds is 3. The molecule has 2 saturated heterocycles. The second-order valence-corrected chi connectivity index (χ2v) is 8.81. The van der Waals surface area contributed by atoms with Crippen molar-refractivity contribution in [3.8, 4) is 0 Å². The van der Waals surface area contributed by atoms with Gasteiger partial charge >= 0.3 is 6.18 Å². The zero-order valence-corrected chi connectivity index (χ0v) is 15.4. The fraction of sp³-hybridized carbons (Fsp3) is 0.562. The van der Waals surface area contributed by atoms with Gasteiger partial charge in [0, 0.05) is 32.1 Å². The third kappa shape index (κ3) is 3.70. The number of piperidine rings is 1. The molecule has 0 bridgehead atoms. The van der Waals surface area contributed by atoms with Crippen LogP contribution in [0.2, 0.25) is 5.02 Å². The van der Waals surface area contributed by atoms with E-state index < -0.39 is 26.8 Å². The number of amides is 1. The van der Waals surface area contributed by atoms with Crippen LogP contribution in [0.15, 0.2) is 23.1 Å². The molecule has 2 aliphatic rings. The standard InChI is InChI=1S/C16H18ClF3N2O3S/c17-13-9-11(16(18,19)20)5-6-14(13)26(24,25)21-7-1-3-12(10-21)22-8-2-4-15(22)23/h5-6,9,12H,1-4,7-8,10H2. The van der Waals surface area contributed by atoms with E-state index in [1.807, 2.05) is 0 Å². The summed E-state index contributed by atoms with van der Waals surface area (Å²) >= 11 is 5.86. The number of likely N-dealkylation sites (tertiary alicyclic amines) is 1. The number of alkyl halides is 3. The number of hydrogen-bond donors (Lipinski definition) is 0. The van der Waals surface area contributed by atoms with E-state index in [-0.39, 0.29) is 29.9 Å². The second-order valence-electron chi connectivity index (χ2n) is 6.49. The van der Waals surface area contributed by atoms with Gasteiger partial charge in [0.15, 0.2) is 0 Å². The summed E-state index contributed by atoms with van der Waals surface area (Å²) in [5.41, 5.74) is -0.999. The monoisotopic (exact) mass is 410 g/mol. The average Bonchev–Trinajstić information content (AvgIpc) is 3.00. The smallest absolute Gasteiger partial charge is 0.338 e. The Balaban J connectivity index is 1.84. The maximum absolute atomic E-state index is 12.9. The first-order valence-electron chi connectivity index (χ1n) is 8.27. The predicted molar refractivity (Wildman–Crippen MR) is 89.2 cm³/mol. The lowest BCUT2D eigenvalue weighted by Crippen LogP contribution is -2.50. The summed E-state index contributed by atoms with van der Waals surface area (Å²) in [6.45, 7) is 0.988. The highest BCUT2D eigenvalue weighted by molar-refractivity contribution is 7.89. The fourth-order valence-corrected chi connectivity index (χ4v) is 5.51. The molecule has 1 aromatic rings. The Morgan fingerprint density at radius 3 is 2.46 bits per heavy atom. The summed E-state index contributed by atoms with van der Waals surface area (Å²) in [6, 6.07) is 2.02. The first kappa shape index (κ1) is 19.4. The van der Waals surface area contributed by atoms with Gasteiger partial charge in [0.05, 0.1) is 10.6 Å². The Hall–Kier alpha value is -1.32. The van der Waals surface area contributed by atoms with Crippen LogP contribution in [0.25, 0.3) is 0 Å². The summed E-state index contributed by atoms with van der Waals surface area (Å²) < 4.78 is 65.2. The molecule has 2 aliphatic heterocycles. The molecule has 26 heavy (non-hydrogen) atoms. The molecule has 144 valence electrons. The van der Waals surface area contributed by atoms with Crippen molar-refractivity contribution in [1.29, 1.82) is 0 Å². The number of carbonyl (C=O) groups is 1. The largest absolute Gasteiger partial charge is 0.416 e. The lowest BCUT2D eigenvalue weighted by molar-refractivity contribution is -0.137. The van der Waals surface area contributed by atoms with Gasteiger partial charge in [0.2, 0.25) is 15.9 Å². The number of nitrogens with zero attached hydrogens (tertiary/aromatic N) is 2. The third-order valence-electron chi connectivity index (χ3n) is 4.79. The molecule has 0 N–H and O–H groups in total. The molecule has 1 unspecified atom stereocenters. The number of hydrogen-bond acceptors (Lipinski definition) is 3. The van der Waals surface area contributed by atoms with Crippen LogP contribution in [0.4, 0.5) is 13.2 Å². The first-order chi connectivity index (χ1) is 12.1. The minimum atomic E-state index is -4.60. The summed E-state index contributed by atoms with van der Waals surface area (Å²) in [7, 11) is -4.04.